The van der Waals surface area contributed by atoms with Crippen molar-refractivity contribution >= 4 is 28.4 Å². The van der Waals surface area contributed by atoms with Gasteiger partial charge in [-0.1, -0.05) is 35.9 Å². The standard InChI is InChI=1S/C22H29ClN4OS/c1-15-20(24-14-18(23)25-15)27-11-9-22(10-12-27)13-16-7-5-6-8-17(16)19(22)26-29(28)21(2,3)4/h5-8,14,19,26H,9-13H2,1-4H3/t19-,29?/m1/s1. The first-order valence-electron chi connectivity index (χ1n) is 10.2. The van der Waals surface area contributed by atoms with Crippen LogP contribution in [0.5, 0.6) is 0 Å². The van der Waals surface area contributed by atoms with Crippen LogP contribution in [0.25, 0.3) is 0 Å². The van der Waals surface area contributed by atoms with Crippen molar-refractivity contribution < 1.29 is 4.21 Å². The first-order valence-corrected chi connectivity index (χ1v) is 11.7. The first kappa shape index (κ1) is 20.8. The molecule has 2 atom stereocenters. The monoisotopic (exact) mass is 432 g/mol. The predicted octanol–water partition coefficient (Wildman–Crippen LogP) is 4.37. The van der Waals surface area contributed by atoms with Crippen LogP contribution in [-0.4, -0.2) is 32.0 Å². The molecule has 1 spiro atoms. The highest BCUT2D eigenvalue weighted by Gasteiger charge is 2.48. The topological polar surface area (TPSA) is 58.1 Å². The molecule has 5 nitrogen and oxygen atoms in total. The predicted molar refractivity (Wildman–Crippen MR) is 120 cm³/mol. The minimum Gasteiger partial charge on any atom is -0.355 e. The summed E-state index contributed by atoms with van der Waals surface area (Å²) in [6.45, 7) is 9.84. The van der Waals surface area contributed by atoms with E-state index in [1.807, 2.05) is 27.7 Å². The van der Waals surface area contributed by atoms with Crippen molar-refractivity contribution in [2.75, 3.05) is 18.0 Å². The molecule has 2 aliphatic rings. The van der Waals surface area contributed by atoms with Gasteiger partial charge in [-0.3, -0.25) is 0 Å². The zero-order valence-electron chi connectivity index (χ0n) is 17.5. The third kappa shape index (κ3) is 3.94. The summed E-state index contributed by atoms with van der Waals surface area (Å²) in [5.41, 5.74) is 3.63. The van der Waals surface area contributed by atoms with E-state index in [9.17, 15) is 4.21 Å². The molecule has 1 aliphatic carbocycles. The Hall–Kier alpha value is -1.50. The molecule has 29 heavy (non-hydrogen) atoms. The summed E-state index contributed by atoms with van der Waals surface area (Å²) in [5, 5.41) is 0.430. The Morgan fingerprint density at radius 3 is 2.59 bits per heavy atom. The van der Waals surface area contributed by atoms with Gasteiger partial charge in [-0.15, -0.1) is 0 Å². The van der Waals surface area contributed by atoms with Crippen LogP contribution in [0.2, 0.25) is 5.15 Å². The van der Waals surface area contributed by atoms with Gasteiger partial charge in [-0.25, -0.2) is 18.9 Å². The van der Waals surface area contributed by atoms with Gasteiger partial charge >= 0.3 is 0 Å². The van der Waals surface area contributed by atoms with Crippen molar-refractivity contribution in [3.63, 3.8) is 0 Å². The largest absolute Gasteiger partial charge is 0.355 e. The van der Waals surface area contributed by atoms with E-state index < -0.39 is 11.0 Å². The number of nitrogens with zero attached hydrogens (tertiary/aromatic N) is 3. The number of hydrogen-bond acceptors (Lipinski definition) is 4. The highest BCUT2D eigenvalue weighted by molar-refractivity contribution is 7.84. The van der Waals surface area contributed by atoms with E-state index in [2.05, 4.69) is 43.9 Å². The Morgan fingerprint density at radius 2 is 1.93 bits per heavy atom. The highest BCUT2D eigenvalue weighted by Crippen LogP contribution is 2.52. The van der Waals surface area contributed by atoms with Crippen LogP contribution in [-0.2, 0) is 17.4 Å². The summed E-state index contributed by atoms with van der Waals surface area (Å²) >= 11 is 5.98. The Morgan fingerprint density at radius 1 is 1.24 bits per heavy atom. The van der Waals surface area contributed by atoms with Crippen molar-refractivity contribution in [3.05, 3.63) is 52.4 Å². The average molecular weight is 433 g/mol. The summed E-state index contributed by atoms with van der Waals surface area (Å²) in [5.74, 6) is 0.919. The maximum Gasteiger partial charge on any atom is 0.150 e. The molecular weight excluding hydrogens is 404 g/mol. The van der Waals surface area contributed by atoms with E-state index in [4.69, 9.17) is 11.6 Å². The number of benzene rings is 1. The minimum atomic E-state index is -1.11. The van der Waals surface area contributed by atoms with E-state index >= 15 is 0 Å². The van der Waals surface area contributed by atoms with Gasteiger partial charge in [-0.2, -0.15) is 0 Å². The van der Waals surface area contributed by atoms with Gasteiger partial charge in [0.25, 0.3) is 0 Å². The number of aryl methyl sites for hydroxylation is 1. The third-order valence-corrected chi connectivity index (χ3v) is 8.00. The normalized spacial score (nSPS) is 22.0. The molecule has 7 heteroatoms. The molecule has 0 bridgehead atoms. The molecule has 156 valence electrons. The second-order valence-electron chi connectivity index (χ2n) is 9.26. The summed E-state index contributed by atoms with van der Waals surface area (Å²) < 4.78 is 16.2. The number of hydrogen-bond donors (Lipinski definition) is 1. The van der Waals surface area contributed by atoms with Gasteiger partial charge < -0.3 is 4.90 Å². The minimum absolute atomic E-state index is 0.0782. The van der Waals surface area contributed by atoms with Crippen molar-refractivity contribution in [2.24, 2.45) is 5.41 Å². The second kappa shape index (κ2) is 7.64. The van der Waals surface area contributed by atoms with Crippen LogP contribution in [0.15, 0.2) is 30.5 Å². The zero-order chi connectivity index (χ0) is 20.8. The lowest BCUT2D eigenvalue weighted by Gasteiger charge is -2.44. The van der Waals surface area contributed by atoms with Crippen molar-refractivity contribution in [1.82, 2.24) is 14.7 Å². The van der Waals surface area contributed by atoms with Crippen molar-refractivity contribution in [2.45, 2.75) is 57.7 Å². The van der Waals surface area contributed by atoms with E-state index in [0.717, 1.165) is 43.9 Å². The average Bonchev–Trinajstić information content (AvgIpc) is 2.95. The van der Waals surface area contributed by atoms with Crippen LogP contribution in [0.4, 0.5) is 5.82 Å². The lowest BCUT2D eigenvalue weighted by Crippen LogP contribution is -2.48. The van der Waals surface area contributed by atoms with Gasteiger partial charge in [0.15, 0.2) is 0 Å². The van der Waals surface area contributed by atoms with Gasteiger partial charge in [0, 0.05) is 13.1 Å². The Labute approximate surface area is 180 Å². The Bertz CT molecular complexity index is 935. The molecule has 2 heterocycles. The quantitative estimate of drug-likeness (QED) is 0.782. The number of rotatable bonds is 3. The SMILES string of the molecule is Cc1nc(Cl)cnc1N1CCC2(CC1)Cc1ccccc1[C@H]2NS(=O)C(C)(C)C. The van der Waals surface area contributed by atoms with E-state index in [1.54, 1.807) is 6.20 Å². The molecule has 1 aromatic heterocycles. The lowest BCUT2D eigenvalue weighted by molar-refractivity contribution is 0.177. The second-order valence-corrected chi connectivity index (χ2v) is 11.6. The zero-order valence-corrected chi connectivity index (χ0v) is 19.1. The van der Waals surface area contributed by atoms with Crippen molar-refractivity contribution in [3.8, 4) is 0 Å². The van der Waals surface area contributed by atoms with E-state index in [1.165, 1.54) is 11.1 Å². The molecule has 1 N–H and O–H groups in total. The van der Waals surface area contributed by atoms with Gasteiger partial charge in [0.2, 0.25) is 0 Å². The number of nitrogens with one attached hydrogen (secondary N) is 1. The van der Waals surface area contributed by atoms with Crippen LogP contribution in [0.1, 0.15) is 56.5 Å². The fourth-order valence-electron chi connectivity index (χ4n) is 4.65. The van der Waals surface area contributed by atoms with E-state index in [0.29, 0.717) is 5.15 Å². The highest BCUT2D eigenvalue weighted by atomic mass is 35.5. The smallest absolute Gasteiger partial charge is 0.150 e. The molecule has 0 radical (unpaired) electrons. The number of halogens is 1. The van der Waals surface area contributed by atoms with Gasteiger partial charge in [0.05, 0.1) is 33.7 Å². The fraction of sp³-hybridized carbons (Fsp3) is 0.545. The maximum atomic E-state index is 13.0. The maximum absolute atomic E-state index is 13.0. The summed E-state index contributed by atoms with van der Waals surface area (Å²) in [6.07, 6.45) is 4.69. The molecule has 0 amide bonds. The van der Waals surface area contributed by atoms with Crippen molar-refractivity contribution in [1.29, 1.82) is 0 Å². The van der Waals surface area contributed by atoms with Crippen LogP contribution in [0.3, 0.4) is 0 Å². The number of anilines is 1. The first-order chi connectivity index (χ1) is 13.7. The fourth-order valence-corrected chi connectivity index (χ4v) is 5.77. The molecule has 1 fully saturated rings. The molecule has 4 rings (SSSR count). The molecule has 1 aliphatic heterocycles. The van der Waals surface area contributed by atoms with E-state index in [-0.39, 0.29) is 16.2 Å². The molecular formula is C22H29ClN4OS. The molecule has 1 saturated heterocycles. The number of piperidine rings is 1. The van der Waals surface area contributed by atoms with Crippen LogP contribution >= 0.6 is 11.6 Å². The molecule has 0 saturated carbocycles. The van der Waals surface area contributed by atoms with Crippen LogP contribution < -0.4 is 9.62 Å². The van der Waals surface area contributed by atoms with Gasteiger partial charge in [-0.05, 0) is 63.5 Å². The third-order valence-electron chi connectivity index (χ3n) is 6.25. The number of aromatic nitrogens is 2. The number of fused-ring (bicyclic) bond motifs is 1. The lowest BCUT2D eigenvalue weighted by atomic mass is 9.73. The summed E-state index contributed by atoms with van der Waals surface area (Å²) in [7, 11) is -1.11. The Kier molecular flexibility index (Phi) is 5.47. The molecule has 2 aromatic rings. The Balaban J connectivity index is 1.59. The van der Waals surface area contributed by atoms with Crippen LogP contribution in [0, 0.1) is 12.3 Å². The molecule has 1 aromatic carbocycles. The summed E-state index contributed by atoms with van der Waals surface area (Å²) in [4.78, 5) is 11.2. The summed E-state index contributed by atoms with van der Waals surface area (Å²) in [6, 6.07) is 8.73. The van der Waals surface area contributed by atoms with Gasteiger partial charge in [0.1, 0.15) is 11.0 Å². The molecule has 1 unspecified atom stereocenters.